The van der Waals surface area contributed by atoms with Crippen LogP contribution >= 0.6 is 0 Å². The van der Waals surface area contributed by atoms with Gasteiger partial charge in [0.2, 0.25) is 35.7 Å². The molecule has 0 spiro atoms. The maximum absolute atomic E-state index is 12.6. The first-order valence-electron chi connectivity index (χ1n) is 17.9. The Morgan fingerprint density at radius 3 is 1.15 bits per heavy atom. The number of aliphatic hydroxyl groups is 2. The summed E-state index contributed by atoms with van der Waals surface area (Å²) >= 11 is 0. The number of para-hydroxylation sites is 2. The van der Waals surface area contributed by atoms with E-state index in [2.05, 4.69) is 51.2 Å². The third kappa shape index (κ3) is 12.8. The number of nitrogens with one attached hydrogen (secondary N) is 4. The van der Waals surface area contributed by atoms with Crippen molar-refractivity contribution in [3.8, 4) is 0 Å². The van der Waals surface area contributed by atoms with Gasteiger partial charge < -0.3 is 41.3 Å². The van der Waals surface area contributed by atoms with Gasteiger partial charge >= 0.3 is 29.6 Å². The van der Waals surface area contributed by atoms with E-state index in [-0.39, 0.29) is 114 Å². The fraction of sp³-hybridized carbons (Fsp3) is 0.158. The zero-order valence-corrected chi connectivity index (χ0v) is 33.7. The van der Waals surface area contributed by atoms with Crippen LogP contribution in [0.2, 0.25) is 0 Å². The zero-order valence-electron chi connectivity index (χ0n) is 32.0. The van der Waals surface area contributed by atoms with Crippen molar-refractivity contribution in [2.45, 2.75) is 9.79 Å². The van der Waals surface area contributed by atoms with Crippen molar-refractivity contribution in [1.29, 1.82) is 0 Å². The van der Waals surface area contributed by atoms with Gasteiger partial charge in [-0.05, 0) is 59.7 Å². The number of hydrogen-bond acceptors (Lipinski definition) is 18. The van der Waals surface area contributed by atoms with E-state index < -0.39 is 30.0 Å². The molecule has 0 bridgehead atoms. The van der Waals surface area contributed by atoms with Gasteiger partial charge in [-0.25, -0.2) is 0 Å². The van der Waals surface area contributed by atoms with Gasteiger partial charge in [0.05, 0.1) is 13.2 Å². The van der Waals surface area contributed by atoms with Crippen LogP contribution in [0, 0.1) is 0 Å². The maximum atomic E-state index is 12.6. The summed E-state index contributed by atoms with van der Waals surface area (Å²) in [5, 5.41) is 30.9. The van der Waals surface area contributed by atoms with Crippen molar-refractivity contribution in [3.05, 3.63) is 108 Å². The van der Waals surface area contributed by atoms with Crippen molar-refractivity contribution in [1.82, 2.24) is 29.9 Å². The summed E-state index contributed by atoms with van der Waals surface area (Å²) < 4.78 is 71.1. The zero-order chi connectivity index (χ0) is 42.9. The molecule has 0 fully saturated rings. The Bertz CT molecular complexity index is 2520. The second kappa shape index (κ2) is 20.6. The number of rotatable bonds is 18. The molecule has 6 rings (SSSR count). The summed E-state index contributed by atoms with van der Waals surface area (Å²) in [5.41, 5.74) is 1.63. The Kier molecular flexibility index (Phi) is 15.6. The Hall–Kier alpha value is -5.82. The van der Waals surface area contributed by atoms with E-state index in [1.165, 1.54) is 36.4 Å². The molecule has 0 aliphatic heterocycles. The average molecular weight is 881 g/mol. The van der Waals surface area contributed by atoms with Crippen LogP contribution in [-0.2, 0) is 20.2 Å². The molecule has 0 saturated heterocycles. The number of benzene rings is 4. The second-order valence-electron chi connectivity index (χ2n) is 12.9. The number of nitrogens with zero attached hydrogens (tertiary/aromatic N) is 8. The molecule has 0 aliphatic carbocycles. The number of hydrogen-bond donors (Lipinski definition) is 8. The van der Waals surface area contributed by atoms with E-state index in [0.717, 1.165) is 12.1 Å². The minimum absolute atomic E-state index is 0. The molecule has 0 saturated carbocycles. The molecule has 23 heteroatoms. The molecule has 8 N–H and O–H groups in total. The predicted molar refractivity (Wildman–Crippen MR) is 235 cm³/mol. The summed E-state index contributed by atoms with van der Waals surface area (Å²) in [7, 11) is -6.38. The van der Waals surface area contributed by atoms with E-state index in [1.54, 1.807) is 48.2 Å². The molecule has 2 heterocycles. The fourth-order valence-corrected chi connectivity index (χ4v) is 6.90. The summed E-state index contributed by atoms with van der Waals surface area (Å²) in [4.78, 5) is 28.5. The minimum atomic E-state index is -4.86. The standard InChI is InChI=1S/C38H40N12O8S2.Na.H/c1-49(19-21-51)37-45-33(39-27-9-5-3-6-10-27)43-35(47-37)41-29-17-15-25(31(23-29)59(53,54)55)13-14-26-16-18-30(24-32(26)60(56,57)58)42-36-44-34(40-28-11-7-4-8-12-28)46-38(48-36)50(2)20-22-52;;/h3-18,23-24,51-52H,19-22H2,1-2H3,(H,53,54,55)(H,56,57,58)(H2,39,41,43,45,47)(H2,40,42,44,46,48);;. The Balaban J connectivity index is 0.00000704. The van der Waals surface area contributed by atoms with Gasteiger partial charge in [0.25, 0.3) is 20.2 Å². The number of likely N-dealkylation sites (N-methyl/N-ethyl adjacent to an activating group) is 2. The molecule has 0 amide bonds. The van der Waals surface area contributed by atoms with Crippen molar-refractivity contribution in [3.63, 3.8) is 0 Å². The molecule has 0 radical (unpaired) electrons. The average Bonchev–Trinajstić information content (AvgIpc) is 3.20. The van der Waals surface area contributed by atoms with Crippen LogP contribution in [0.3, 0.4) is 0 Å². The van der Waals surface area contributed by atoms with Crippen LogP contribution in [0.5, 0.6) is 0 Å². The topological polar surface area (TPSA) is 281 Å². The summed E-state index contributed by atoms with van der Waals surface area (Å²) in [6.07, 6.45) is 2.51. The summed E-state index contributed by atoms with van der Waals surface area (Å²) in [6.45, 7) is 0.0646. The van der Waals surface area contributed by atoms with Gasteiger partial charge in [-0.2, -0.15) is 46.7 Å². The van der Waals surface area contributed by atoms with E-state index in [1.807, 2.05) is 36.4 Å². The van der Waals surface area contributed by atoms with Gasteiger partial charge in [-0.1, -0.05) is 60.7 Å². The van der Waals surface area contributed by atoms with Crippen molar-refractivity contribution < 1.29 is 36.2 Å². The Morgan fingerprint density at radius 2 is 0.836 bits per heavy atom. The van der Waals surface area contributed by atoms with E-state index in [0.29, 0.717) is 11.4 Å². The fourth-order valence-electron chi connectivity index (χ4n) is 5.48. The first-order valence-corrected chi connectivity index (χ1v) is 20.8. The predicted octanol–water partition coefficient (Wildman–Crippen LogP) is 3.90. The van der Waals surface area contributed by atoms with E-state index >= 15 is 0 Å². The van der Waals surface area contributed by atoms with Crippen LogP contribution in [0.25, 0.3) is 12.2 Å². The molecule has 314 valence electrons. The van der Waals surface area contributed by atoms with Crippen molar-refractivity contribution >= 4 is 120 Å². The van der Waals surface area contributed by atoms with Crippen LogP contribution in [0.1, 0.15) is 11.1 Å². The molecule has 6 aromatic rings. The summed E-state index contributed by atoms with van der Waals surface area (Å²) in [6, 6.07) is 26.1. The molecule has 0 atom stereocenters. The molecule has 20 nitrogen and oxygen atoms in total. The molecule has 61 heavy (non-hydrogen) atoms. The molecule has 0 unspecified atom stereocenters. The molecule has 4 aromatic carbocycles. The first-order chi connectivity index (χ1) is 28.7. The molecular weight excluding hydrogens is 840 g/mol. The van der Waals surface area contributed by atoms with Gasteiger partial charge in [-0.15, -0.1) is 0 Å². The summed E-state index contributed by atoms with van der Waals surface area (Å²) in [5.74, 6) is 0.704. The number of aliphatic hydroxyl groups excluding tert-OH is 2. The number of aromatic nitrogens is 6. The van der Waals surface area contributed by atoms with Crippen LogP contribution < -0.4 is 31.1 Å². The van der Waals surface area contributed by atoms with Crippen molar-refractivity contribution in [2.24, 2.45) is 0 Å². The third-order valence-electron chi connectivity index (χ3n) is 8.40. The Morgan fingerprint density at radius 1 is 0.508 bits per heavy atom. The van der Waals surface area contributed by atoms with E-state index in [4.69, 9.17) is 0 Å². The second-order valence-corrected chi connectivity index (χ2v) is 15.7. The van der Waals surface area contributed by atoms with Gasteiger partial charge in [0, 0.05) is 49.9 Å². The first kappa shape index (κ1) is 46.2. The number of anilines is 10. The Labute approximate surface area is 373 Å². The third-order valence-corrected chi connectivity index (χ3v) is 10.2. The molecular formula is C38H41N12NaO8S2. The molecule has 0 aliphatic rings. The van der Waals surface area contributed by atoms with Gasteiger partial charge in [-0.3, -0.25) is 9.11 Å². The quantitative estimate of drug-likeness (QED) is 0.0345. The van der Waals surface area contributed by atoms with Crippen LogP contribution in [-0.4, -0.2) is 136 Å². The molecule has 2 aromatic heterocycles. The van der Waals surface area contributed by atoms with Gasteiger partial charge in [0.15, 0.2) is 0 Å². The normalized spacial score (nSPS) is 11.4. The van der Waals surface area contributed by atoms with Crippen molar-refractivity contribution in [2.75, 3.05) is 71.5 Å². The van der Waals surface area contributed by atoms with Crippen LogP contribution in [0.4, 0.5) is 58.4 Å². The van der Waals surface area contributed by atoms with E-state index in [9.17, 15) is 36.2 Å². The SMILES string of the molecule is CN(CCO)c1nc(Nc2ccccc2)nc(Nc2ccc(C=Cc3ccc(Nc4nc(Nc5ccccc5)nc(N(C)CCO)n4)cc3S(=O)(=O)O)c(S(=O)(=O)O)c2)n1.[NaH]. The van der Waals surface area contributed by atoms with Gasteiger partial charge in [0.1, 0.15) is 9.79 Å². The van der Waals surface area contributed by atoms with Crippen LogP contribution in [0.15, 0.2) is 107 Å². The monoisotopic (exact) mass is 880 g/mol.